The fourth-order valence-corrected chi connectivity index (χ4v) is 2.66. The van der Waals surface area contributed by atoms with Crippen LogP contribution in [0.4, 0.5) is 5.82 Å². The van der Waals surface area contributed by atoms with Gasteiger partial charge < -0.3 is 5.73 Å². The zero-order valence-electron chi connectivity index (χ0n) is 11.0. The maximum absolute atomic E-state index is 12.1. The molecular weight excluding hydrogens is 334 g/mol. The largest absolute Gasteiger partial charge is 0.326 e. The van der Waals surface area contributed by atoms with Gasteiger partial charge in [0.05, 0.1) is 11.9 Å². The van der Waals surface area contributed by atoms with E-state index >= 15 is 0 Å². The molecule has 2 aromatic rings. The van der Waals surface area contributed by atoms with Gasteiger partial charge in [0.15, 0.2) is 5.82 Å². The first-order chi connectivity index (χ1) is 10.1. The minimum absolute atomic E-state index is 0.0853. The van der Waals surface area contributed by atoms with Gasteiger partial charge in [0, 0.05) is 23.5 Å². The van der Waals surface area contributed by atoms with Gasteiger partial charge in [-0.15, -0.1) is 0 Å². The molecule has 0 aliphatic carbocycles. The fraction of sp³-hybridized carbons (Fsp3) is 0.214. The molecule has 6 nitrogen and oxygen atoms in total. The van der Waals surface area contributed by atoms with E-state index in [2.05, 4.69) is 27.1 Å². The van der Waals surface area contributed by atoms with Gasteiger partial charge in [-0.3, -0.25) is 9.69 Å². The van der Waals surface area contributed by atoms with Crippen LogP contribution in [0.25, 0.3) is 5.69 Å². The van der Waals surface area contributed by atoms with Gasteiger partial charge in [-0.1, -0.05) is 15.9 Å². The van der Waals surface area contributed by atoms with E-state index in [1.807, 2.05) is 24.3 Å². The molecule has 2 heterocycles. The Morgan fingerprint density at radius 2 is 2.10 bits per heavy atom. The summed E-state index contributed by atoms with van der Waals surface area (Å²) in [4.78, 5) is 13.6. The summed E-state index contributed by atoms with van der Waals surface area (Å²) in [6, 6.07) is 9.36. The van der Waals surface area contributed by atoms with Crippen molar-refractivity contribution in [2.24, 2.45) is 5.73 Å². The van der Waals surface area contributed by atoms with E-state index < -0.39 is 0 Å². The third kappa shape index (κ3) is 2.44. The topological polar surface area (TPSA) is 87.9 Å². The minimum Gasteiger partial charge on any atom is -0.326 e. The molecule has 0 saturated carbocycles. The lowest BCUT2D eigenvalue weighted by Crippen LogP contribution is -2.30. The number of nitriles is 1. The molecule has 0 radical (unpaired) electrons. The second-order valence-corrected chi connectivity index (χ2v) is 5.77. The molecule has 3 rings (SSSR count). The molecule has 106 valence electrons. The Labute approximate surface area is 129 Å². The summed E-state index contributed by atoms with van der Waals surface area (Å²) in [5.74, 6) is 0.399. The summed E-state index contributed by atoms with van der Waals surface area (Å²) >= 11 is 3.38. The molecule has 1 fully saturated rings. The number of halogens is 1. The third-order valence-electron chi connectivity index (χ3n) is 3.35. The first-order valence-corrected chi connectivity index (χ1v) is 7.19. The molecular formula is C14H12BrN5O. The summed E-state index contributed by atoms with van der Waals surface area (Å²) in [5, 5.41) is 13.5. The smallest absolute Gasteiger partial charge is 0.229 e. The maximum atomic E-state index is 12.1. The number of nitrogens with two attached hydrogens (primary N) is 1. The second-order valence-electron chi connectivity index (χ2n) is 4.85. The number of carbonyl (C=O) groups is 1. The fourth-order valence-electron chi connectivity index (χ4n) is 2.39. The van der Waals surface area contributed by atoms with E-state index in [1.165, 1.54) is 11.1 Å². The Hall–Kier alpha value is -2.17. The molecule has 1 unspecified atom stereocenters. The molecule has 1 aliphatic heterocycles. The van der Waals surface area contributed by atoms with Crippen LogP contribution in [0.2, 0.25) is 0 Å². The Morgan fingerprint density at radius 1 is 1.38 bits per heavy atom. The second kappa shape index (κ2) is 5.31. The van der Waals surface area contributed by atoms with E-state index in [0.29, 0.717) is 17.9 Å². The van der Waals surface area contributed by atoms with Crippen LogP contribution in [0.15, 0.2) is 34.9 Å². The van der Waals surface area contributed by atoms with Crippen molar-refractivity contribution in [3.05, 3.63) is 40.5 Å². The molecule has 0 bridgehead atoms. The number of amides is 1. The van der Waals surface area contributed by atoms with Crippen LogP contribution in [0, 0.1) is 11.3 Å². The Bertz CT molecular complexity index is 731. The van der Waals surface area contributed by atoms with Crippen LogP contribution in [0.3, 0.4) is 0 Å². The predicted octanol–water partition coefficient (Wildman–Crippen LogP) is 1.57. The van der Waals surface area contributed by atoms with Gasteiger partial charge in [0.2, 0.25) is 5.91 Å². The van der Waals surface area contributed by atoms with Crippen LogP contribution >= 0.6 is 15.9 Å². The van der Waals surface area contributed by atoms with Crippen molar-refractivity contribution in [2.75, 3.05) is 11.4 Å². The molecule has 1 amide bonds. The maximum Gasteiger partial charge on any atom is 0.229 e. The average Bonchev–Trinajstić information content (AvgIpc) is 3.02. The van der Waals surface area contributed by atoms with E-state index in [0.717, 1.165) is 10.2 Å². The SMILES string of the molecule is N#Cc1cnn(-c2ccc(Br)cc2)c1N1CC(N)CC1=O. The highest BCUT2D eigenvalue weighted by atomic mass is 79.9. The summed E-state index contributed by atoms with van der Waals surface area (Å²) in [6.45, 7) is 0.399. The van der Waals surface area contributed by atoms with E-state index in [4.69, 9.17) is 5.73 Å². The highest BCUT2D eigenvalue weighted by Gasteiger charge is 2.32. The highest BCUT2D eigenvalue weighted by Crippen LogP contribution is 2.28. The third-order valence-corrected chi connectivity index (χ3v) is 3.87. The average molecular weight is 346 g/mol. The van der Waals surface area contributed by atoms with Crippen LogP contribution in [-0.4, -0.2) is 28.3 Å². The van der Waals surface area contributed by atoms with Crippen molar-refractivity contribution in [1.29, 1.82) is 5.26 Å². The molecule has 1 saturated heterocycles. The lowest BCUT2D eigenvalue weighted by Gasteiger charge is -2.18. The predicted molar refractivity (Wildman–Crippen MR) is 80.9 cm³/mol. The van der Waals surface area contributed by atoms with E-state index in [9.17, 15) is 10.1 Å². The normalized spacial score (nSPS) is 18.0. The van der Waals surface area contributed by atoms with Crippen LogP contribution < -0.4 is 10.6 Å². The lowest BCUT2D eigenvalue weighted by molar-refractivity contribution is -0.117. The molecule has 21 heavy (non-hydrogen) atoms. The van der Waals surface area contributed by atoms with Gasteiger partial charge in [0.1, 0.15) is 11.6 Å². The number of hydrogen-bond acceptors (Lipinski definition) is 4. The number of rotatable bonds is 2. The number of anilines is 1. The Morgan fingerprint density at radius 3 is 2.67 bits per heavy atom. The molecule has 0 spiro atoms. The van der Waals surface area contributed by atoms with Crippen LogP contribution in [0.5, 0.6) is 0 Å². The van der Waals surface area contributed by atoms with Crippen LogP contribution in [-0.2, 0) is 4.79 Å². The van der Waals surface area contributed by atoms with Gasteiger partial charge >= 0.3 is 0 Å². The summed E-state index contributed by atoms with van der Waals surface area (Å²) in [7, 11) is 0. The van der Waals surface area contributed by atoms with Crippen molar-refractivity contribution in [3.63, 3.8) is 0 Å². The van der Waals surface area contributed by atoms with Crippen LogP contribution in [0.1, 0.15) is 12.0 Å². The number of aromatic nitrogens is 2. The van der Waals surface area contributed by atoms with Gasteiger partial charge in [0.25, 0.3) is 0 Å². The summed E-state index contributed by atoms with van der Waals surface area (Å²) in [5.41, 5.74) is 6.98. The van der Waals surface area contributed by atoms with Crippen molar-refractivity contribution in [3.8, 4) is 11.8 Å². The van der Waals surface area contributed by atoms with E-state index in [1.54, 1.807) is 4.68 Å². The lowest BCUT2D eigenvalue weighted by atomic mass is 10.3. The minimum atomic E-state index is -0.211. The molecule has 7 heteroatoms. The van der Waals surface area contributed by atoms with Gasteiger partial charge in [-0.25, -0.2) is 4.68 Å². The zero-order chi connectivity index (χ0) is 15.0. The molecule has 1 atom stereocenters. The van der Waals surface area contributed by atoms with Gasteiger partial charge in [-0.2, -0.15) is 10.4 Å². The molecule has 1 aromatic carbocycles. The van der Waals surface area contributed by atoms with Crippen molar-refractivity contribution in [2.45, 2.75) is 12.5 Å². The molecule has 2 N–H and O–H groups in total. The molecule has 1 aliphatic rings. The molecule has 1 aromatic heterocycles. The Balaban J connectivity index is 2.11. The van der Waals surface area contributed by atoms with E-state index in [-0.39, 0.29) is 18.4 Å². The standard InChI is InChI=1S/C14H12BrN5O/c15-10-1-3-12(4-2-10)20-14(9(6-16)7-18-20)19-8-11(17)5-13(19)21/h1-4,7,11H,5,8,17H2. The van der Waals surface area contributed by atoms with Gasteiger partial charge in [-0.05, 0) is 24.3 Å². The Kier molecular flexibility index (Phi) is 3.49. The quantitative estimate of drug-likeness (QED) is 0.894. The monoisotopic (exact) mass is 345 g/mol. The van der Waals surface area contributed by atoms with Crippen molar-refractivity contribution in [1.82, 2.24) is 9.78 Å². The zero-order valence-corrected chi connectivity index (χ0v) is 12.6. The first kappa shape index (κ1) is 13.8. The number of hydrogen-bond donors (Lipinski definition) is 1. The number of nitrogens with zero attached hydrogens (tertiary/aromatic N) is 4. The highest BCUT2D eigenvalue weighted by molar-refractivity contribution is 9.10. The van der Waals surface area contributed by atoms with Crippen molar-refractivity contribution >= 4 is 27.7 Å². The summed E-state index contributed by atoms with van der Waals surface area (Å²) in [6.07, 6.45) is 1.75. The summed E-state index contributed by atoms with van der Waals surface area (Å²) < 4.78 is 2.54. The number of carbonyl (C=O) groups excluding carboxylic acids is 1. The van der Waals surface area contributed by atoms with Crippen molar-refractivity contribution < 1.29 is 4.79 Å². The first-order valence-electron chi connectivity index (χ1n) is 6.40. The number of benzene rings is 1.